The first-order valence-corrected chi connectivity index (χ1v) is 7.88. The van der Waals surface area contributed by atoms with Crippen LogP contribution >= 0.6 is 11.3 Å². The van der Waals surface area contributed by atoms with Crippen LogP contribution in [0, 0.1) is 13.8 Å². The highest BCUT2D eigenvalue weighted by Crippen LogP contribution is 2.33. The lowest BCUT2D eigenvalue weighted by Gasteiger charge is -2.22. The van der Waals surface area contributed by atoms with Crippen LogP contribution in [0.5, 0.6) is 5.75 Å². The number of hydrogen-bond acceptors (Lipinski definition) is 4. The zero-order valence-corrected chi connectivity index (χ0v) is 13.4. The van der Waals surface area contributed by atoms with Crippen LogP contribution in [-0.4, -0.2) is 18.6 Å². The zero-order valence-electron chi connectivity index (χ0n) is 12.6. The van der Waals surface area contributed by atoms with Crippen molar-refractivity contribution in [1.82, 2.24) is 10.3 Å². The maximum Gasteiger partial charge on any atom is 0.124 e. The molecule has 0 amide bonds. The first-order chi connectivity index (χ1) is 9.67. The summed E-state index contributed by atoms with van der Waals surface area (Å²) in [6.07, 6.45) is 1.09. The van der Waals surface area contributed by atoms with Crippen molar-refractivity contribution in [3.63, 3.8) is 0 Å². The van der Waals surface area contributed by atoms with E-state index in [0.717, 1.165) is 24.4 Å². The third-order valence-electron chi connectivity index (χ3n) is 3.35. The van der Waals surface area contributed by atoms with Gasteiger partial charge in [-0.1, -0.05) is 13.0 Å². The minimum Gasteiger partial charge on any atom is -0.496 e. The average Bonchev–Trinajstić information content (AvgIpc) is 2.94. The molecule has 3 nitrogen and oxygen atoms in total. The highest BCUT2D eigenvalue weighted by atomic mass is 32.1. The van der Waals surface area contributed by atoms with Crippen LogP contribution in [0.15, 0.2) is 23.0 Å². The Morgan fingerprint density at radius 3 is 2.75 bits per heavy atom. The molecular weight excluding hydrogens is 268 g/mol. The average molecular weight is 290 g/mol. The molecule has 1 aromatic carbocycles. The van der Waals surface area contributed by atoms with Crippen LogP contribution in [0.3, 0.4) is 0 Å². The molecule has 1 unspecified atom stereocenters. The Morgan fingerprint density at radius 1 is 1.35 bits per heavy atom. The second kappa shape index (κ2) is 6.86. The quantitative estimate of drug-likeness (QED) is 0.877. The number of aromatic nitrogens is 1. The van der Waals surface area contributed by atoms with Crippen LogP contribution in [0.1, 0.15) is 41.8 Å². The number of rotatable bonds is 6. The van der Waals surface area contributed by atoms with E-state index in [-0.39, 0.29) is 6.04 Å². The molecule has 108 valence electrons. The summed E-state index contributed by atoms with van der Waals surface area (Å²) in [7, 11) is 1.73. The van der Waals surface area contributed by atoms with E-state index in [1.807, 2.05) is 5.51 Å². The largest absolute Gasteiger partial charge is 0.496 e. The third-order valence-corrected chi connectivity index (χ3v) is 3.95. The second-order valence-corrected chi connectivity index (χ2v) is 5.72. The Morgan fingerprint density at radius 2 is 2.15 bits per heavy atom. The lowest BCUT2D eigenvalue weighted by atomic mass is 9.96. The molecule has 1 aromatic heterocycles. The zero-order chi connectivity index (χ0) is 14.5. The van der Waals surface area contributed by atoms with Gasteiger partial charge in [0.1, 0.15) is 5.75 Å². The fourth-order valence-electron chi connectivity index (χ4n) is 2.49. The van der Waals surface area contributed by atoms with Crippen LogP contribution in [0.2, 0.25) is 0 Å². The van der Waals surface area contributed by atoms with Crippen molar-refractivity contribution in [1.29, 1.82) is 0 Å². The normalized spacial score (nSPS) is 12.4. The Hall–Kier alpha value is -1.39. The van der Waals surface area contributed by atoms with Crippen LogP contribution in [-0.2, 0) is 0 Å². The number of aryl methyl sites for hydroxylation is 2. The van der Waals surface area contributed by atoms with Crippen molar-refractivity contribution in [2.24, 2.45) is 0 Å². The van der Waals surface area contributed by atoms with Crippen molar-refractivity contribution in [2.75, 3.05) is 13.7 Å². The molecule has 0 saturated carbocycles. The molecule has 0 aliphatic rings. The predicted octanol–water partition coefficient (Wildman–Crippen LogP) is 3.86. The van der Waals surface area contributed by atoms with Crippen LogP contribution in [0.25, 0.3) is 0 Å². The molecule has 0 aliphatic heterocycles. The third kappa shape index (κ3) is 3.19. The van der Waals surface area contributed by atoms with Gasteiger partial charge in [-0.2, -0.15) is 0 Å². The maximum atomic E-state index is 5.60. The van der Waals surface area contributed by atoms with Crippen LogP contribution < -0.4 is 10.1 Å². The number of thiazole rings is 1. The standard InChI is InChI=1S/C16H22N2OS/c1-5-6-17-16(13-9-20-10-18-13)15-12(3)7-11(2)8-14(15)19-4/h7-10,16-17H,5-6H2,1-4H3. The molecule has 0 fully saturated rings. The van der Waals surface area contributed by atoms with Gasteiger partial charge in [-0.25, -0.2) is 4.98 Å². The lowest BCUT2D eigenvalue weighted by Crippen LogP contribution is -2.24. The van der Waals surface area contributed by atoms with Gasteiger partial charge in [0.25, 0.3) is 0 Å². The minimum atomic E-state index is 0.0942. The first-order valence-electron chi connectivity index (χ1n) is 6.94. The Kier molecular flexibility index (Phi) is 5.15. The molecule has 0 bridgehead atoms. The lowest BCUT2D eigenvalue weighted by molar-refractivity contribution is 0.402. The van der Waals surface area contributed by atoms with E-state index in [1.165, 1.54) is 16.7 Å². The molecule has 20 heavy (non-hydrogen) atoms. The summed E-state index contributed by atoms with van der Waals surface area (Å²) >= 11 is 1.63. The predicted molar refractivity (Wildman–Crippen MR) is 84.7 cm³/mol. The number of ether oxygens (including phenoxy) is 1. The van der Waals surface area contributed by atoms with Crippen LogP contribution in [0.4, 0.5) is 0 Å². The van der Waals surface area contributed by atoms with E-state index in [4.69, 9.17) is 4.74 Å². The van der Waals surface area contributed by atoms with Crippen molar-refractivity contribution in [3.8, 4) is 5.75 Å². The molecule has 0 saturated heterocycles. The molecule has 1 atom stereocenters. The van der Waals surface area contributed by atoms with E-state index in [9.17, 15) is 0 Å². The van der Waals surface area contributed by atoms with E-state index < -0.39 is 0 Å². The number of nitrogens with one attached hydrogen (secondary N) is 1. The van der Waals surface area contributed by atoms with Gasteiger partial charge in [-0.3, -0.25) is 0 Å². The van der Waals surface area contributed by atoms with Gasteiger partial charge in [-0.15, -0.1) is 11.3 Å². The molecule has 0 radical (unpaired) electrons. The van der Waals surface area contributed by atoms with Crippen molar-refractivity contribution in [2.45, 2.75) is 33.2 Å². The fourth-order valence-corrected chi connectivity index (χ4v) is 3.07. The van der Waals surface area contributed by atoms with E-state index in [1.54, 1.807) is 18.4 Å². The summed E-state index contributed by atoms with van der Waals surface area (Å²) in [5.41, 5.74) is 6.59. The van der Waals surface area contributed by atoms with E-state index in [0.29, 0.717) is 0 Å². The molecule has 2 rings (SSSR count). The summed E-state index contributed by atoms with van der Waals surface area (Å²) in [5.74, 6) is 0.934. The minimum absolute atomic E-state index is 0.0942. The smallest absolute Gasteiger partial charge is 0.124 e. The summed E-state index contributed by atoms with van der Waals surface area (Å²) < 4.78 is 5.60. The topological polar surface area (TPSA) is 34.2 Å². The van der Waals surface area contributed by atoms with Crippen molar-refractivity contribution < 1.29 is 4.74 Å². The number of hydrogen-bond donors (Lipinski definition) is 1. The molecular formula is C16H22N2OS. The summed E-state index contributed by atoms with van der Waals surface area (Å²) in [4.78, 5) is 4.49. The van der Waals surface area contributed by atoms with Gasteiger partial charge in [0.15, 0.2) is 0 Å². The van der Waals surface area contributed by atoms with Gasteiger partial charge >= 0.3 is 0 Å². The molecule has 0 spiro atoms. The highest BCUT2D eigenvalue weighted by molar-refractivity contribution is 7.07. The molecule has 4 heteroatoms. The maximum absolute atomic E-state index is 5.60. The van der Waals surface area contributed by atoms with Crippen molar-refractivity contribution in [3.05, 3.63) is 45.4 Å². The van der Waals surface area contributed by atoms with E-state index >= 15 is 0 Å². The fraction of sp³-hybridized carbons (Fsp3) is 0.438. The number of methoxy groups -OCH3 is 1. The van der Waals surface area contributed by atoms with Gasteiger partial charge in [0, 0.05) is 10.9 Å². The monoisotopic (exact) mass is 290 g/mol. The van der Waals surface area contributed by atoms with Gasteiger partial charge in [0.05, 0.1) is 24.4 Å². The van der Waals surface area contributed by atoms with Gasteiger partial charge in [-0.05, 0) is 44.0 Å². The van der Waals surface area contributed by atoms with Gasteiger partial charge < -0.3 is 10.1 Å². The van der Waals surface area contributed by atoms with Crippen molar-refractivity contribution >= 4 is 11.3 Å². The number of nitrogens with zero attached hydrogens (tertiary/aromatic N) is 1. The molecule has 1 N–H and O–H groups in total. The molecule has 0 aliphatic carbocycles. The van der Waals surface area contributed by atoms with Gasteiger partial charge in [0.2, 0.25) is 0 Å². The second-order valence-electron chi connectivity index (χ2n) is 5.00. The summed E-state index contributed by atoms with van der Waals surface area (Å²) in [6.45, 7) is 7.36. The summed E-state index contributed by atoms with van der Waals surface area (Å²) in [5, 5.41) is 5.69. The Bertz CT molecular complexity index is 552. The number of benzene rings is 1. The molecule has 2 aromatic rings. The SMILES string of the molecule is CCCNC(c1cscn1)c1c(C)cc(C)cc1OC. The summed E-state index contributed by atoms with van der Waals surface area (Å²) in [6, 6.07) is 4.39. The van der Waals surface area contributed by atoms with E-state index in [2.05, 4.69) is 48.6 Å². The highest BCUT2D eigenvalue weighted by Gasteiger charge is 2.21. The molecule has 1 heterocycles. The first kappa shape index (κ1) is 15.0. The Labute approximate surface area is 125 Å². The Balaban J connectivity index is 2.48.